The zero-order chi connectivity index (χ0) is 19.8. The van der Waals surface area contributed by atoms with E-state index < -0.39 is 25.7 Å². The van der Waals surface area contributed by atoms with Gasteiger partial charge < -0.3 is 0 Å². The van der Waals surface area contributed by atoms with Gasteiger partial charge in [-0.2, -0.15) is 0 Å². The van der Waals surface area contributed by atoms with Crippen LogP contribution < -0.4 is 5.14 Å². The van der Waals surface area contributed by atoms with E-state index in [-0.39, 0.29) is 15.0 Å². The molecular weight excluding hydrogens is 411 g/mol. The summed E-state index contributed by atoms with van der Waals surface area (Å²) in [5, 5.41) is 5.11. The highest BCUT2D eigenvalue weighted by Gasteiger charge is 2.23. The third kappa shape index (κ3) is 4.08. The molecular formula is C17H15FN2O4S3. The lowest BCUT2D eigenvalue weighted by Crippen LogP contribution is -2.11. The number of sulfone groups is 1. The second-order valence-electron chi connectivity index (χ2n) is 5.64. The Bertz CT molecular complexity index is 1180. The Kier molecular flexibility index (Phi) is 5.17. The number of aromatic nitrogens is 1. The van der Waals surface area contributed by atoms with Crippen LogP contribution in [0.25, 0.3) is 21.7 Å². The van der Waals surface area contributed by atoms with Gasteiger partial charge in [0.2, 0.25) is 24.2 Å². The summed E-state index contributed by atoms with van der Waals surface area (Å²) in [6.07, 6.45) is 0. The molecule has 3 aromatic rings. The van der Waals surface area contributed by atoms with E-state index in [4.69, 9.17) is 5.14 Å². The van der Waals surface area contributed by atoms with Gasteiger partial charge in [0.15, 0.2) is 0 Å². The normalized spacial score (nSPS) is 12.3. The first kappa shape index (κ1) is 19.6. The van der Waals surface area contributed by atoms with Crippen molar-refractivity contribution in [1.82, 2.24) is 4.98 Å². The van der Waals surface area contributed by atoms with Crippen molar-refractivity contribution in [2.45, 2.75) is 16.2 Å². The minimum absolute atomic E-state index is 0.0464. The Morgan fingerprint density at radius 1 is 0.963 bits per heavy atom. The third-order valence-electron chi connectivity index (χ3n) is 3.82. The van der Waals surface area contributed by atoms with Crippen LogP contribution in [0.15, 0.2) is 57.8 Å². The topological polar surface area (TPSA) is 107 Å². The highest BCUT2D eigenvalue weighted by molar-refractivity contribution is 7.93. The van der Waals surface area contributed by atoms with Crippen molar-refractivity contribution in [3.05, 3.63) is 54.3 Å². The maximum absolute atomic E-state index is 13.2. The molecule has 1 aromatic heterocycles. The van der Waals surface area contributed by atoms with Crippen LogP contribution in [-0.4, -0.2) is 27.6 Å². The van der Waals surface area contributed by atoms with Crippen LogP contribution in [-0.2, 0) is 19.9 Å². The molecule has 0 atom stereocenters. The number of benzene rings is 2. The number of nitrogens with zero attached hydrogens (tertiary/aromatic N) is 1. The number of hydrogen-bond donors (Lipinski definition) is 1. The molecule has 10 heteroatoms. The zero-order valence-corrected chi connectivity index (χ0v) is 16.5. The largest absolute Gasteiger partial charge is 0.238 e. The van der Waals surface area contributed by atoms with Crippen molar-refractivity contribution in [3.63, 3.8) is 0 Å². The number of hydrogen-bond acceptors (Lipinski definition) is 6. The predicted molar refractivity (Wildman–Crippen MR) is 102 cm³/mol. The number of thiazole rings is 1. The molecule has 0 saturated heterocycles. The van der Waals surface area contributed by atoms with E-state index >= 15 is 0 Å². The molecule has 0 radical (unpaired) electrons. The van der Waals surface area contributed by atoms with Crippen molar-refractivity contribution >= 4 is 31.2 Å². The summed E-state index contributed by atoms with van der Waals surface area (Å²) < 4.78 is 60.6. The summed E-state index contributed by atoms with van der Waals surface area (Å²) in [5.74, 6) is -0.526. The van der Waals surface area contributed by atoms with Gasteiger partial charge in [0.25, 0.3) is 0 Å². The van der Waals surface area contributed by atoms with Crippen molar-refractivity contribution in [2.24, 2.45) is 5.14 Å². The van der Waals surface area contributed by atoms with E-state index in [9.17, 15) is 21.2 Å². The molecule has 1 heterocycles. The quantitative estimate of drug-likeness (QED) is 0.675. The van der Waals surface area contributed by atoms with Gasteiger partial charge in [-0.3, -0.25) is 0 Å². The summed E-state index contributed by atoms with van der Waals surface area (Å²) in [5.41, 5.74) is 1.52. The predicted octanol–water partition coefficient (Wildman–Crippen LogP) is 3.06. The maximum atomic E-state index is 13.2. The van der Waals surface area contributed by atoms with Crippen molar-refractivity contribution < 1.29 is 21.2 Å². The number of nitrogens with two attached hydrogens (primary N) is 1. The van der Waals surface area contributed by atoms with Gasteiger partial charge in [0.05, 0.1) is 21.2 Å². The molecule has 0 amide bonds. The van der Waals surface area contributed by atoms with Gasteiger partial charge in [0.1, 0.15) is 5.82 Å². The van der Waals surface area contributed by atoms with Crippen LogP contribution in [0.4, 0.5) is 4.39 Å². The lowest BCUT2D eigenvalue weighted by molar-refractivity contribution is 0.595. The molecule has 0 unspecified atom stereocenters. The lowest BCUT2D eigenvalue weighted by Gasteiger charge is -2.04. The first-order chi connectivity index (χ1) is 12.6. The van der Waals surface area contributed by atoms with Gasteiger partial charge >= 0.3 is 0 Å². The third-order valence-corrected chi connectivity index (χ3v) is 8.04. The van der Waals surface area contributed by atoms with Crippen molar-refractivity contribution in [3.8, 4) is 21.7 Å². The molecule has 0 bridgehead atoms. The van der Waals surface area contributed by atoms with E-state index in [2.05, 4.69) is 4.98 Å². The highest BCUT2D eigenvalue weighted by atomic mass is 32.2. The van der Waals surface area contributed by atoms with Crippen molar-refractivity contribution in [2.75, 3.05) is 5.75 Å². The van der Waals surface area contributed by atoms with Gasteiger partial charge in [-0.05, 0) is 42.0 Å². The number of primary sulfonamides is 1. The van der Waals surface area contributed by atoms with Crippen LogP contribution in [0, 0.1) is 5.82 Å². The molecule has 0 aliphatic rings. The first-order valence-corrected chi connectivity index (χ1v) is 11.8. The minimum Gasteiger partial charge on any atom is -0.225 e. The van der Waals surface area contributed by atoms with Crippen LogP contribution in [0.1, 0.15) is 6.92 Å². The molecule has 2 N–H and O–H groups in total. The summed E-state index contributed by atoms with van der Waals surface area (Å²) in [6, 6.07) is 11.3. The van der Waals surface area contributed by atoms with Gasteiger partial charge in [-0.25, -0.2) is 31.3 Å². The van der Waals surface area contributed by atoms with Crippen LogP contribution in [0.3, 0.4) is 0 Å². The van der Waals surface area contributed by atoms with Gasteiger partial charge in [0, 0.05) is 5.56 Å². The second kappa shape index (κ2) is 7.12. The molecule has 2 aromatic carbocycles. The van der Waals surface area contributed by atoms with E-state index in [0.717, 1.165) is 11.3 Å². The minimum atomic E-state index is -3.84. The Morgan fingerprint density at radius 2 is 1.52 bits per heavy atom. The molecule has 3 rings (SSSR count). The number of rotatable bonds is 5. The summed E-state index contributed by atoms with van der Waals surface area (Å²) in [4.78, 5) is 4.75. The average molecular weight is 427 g/mol. The zero-order valence-electron chi connectivity index (χ0n) is 14.1. The Hall–Kier alpha value is -2.14. The average Bonchev–Trinajstić information content (AvgIpc) is 3.08. The maximum Gasteiger partial charge on any atom is 0.238 e. The summed E-state index contributed by atoms with van der Waals surface area (Å²) in [6.45, 7) is 1.52. The number of sulfonamides is 1. The molecule has 27 heavy (non-hydrogen) atoms. The fourth-order valence-corrected chi connectivity index (χ4v) is 5.28. The standard InChI is InChI=1S/C17H15FN2O4S3/c1-2-26(21,22)17-20-15(11-3-7-13(18)8-4-11)16(25-17)12-5-9-14(10-6-12)27(19,23)24/h3-10H,2H2,1H3,(H2,19,23,24). The van der Waals surface area contributed by atoms with Crippen LogP contribution in [0.2, 0.25) is 0 Å². The smallest absolute Gasteiger partial charge is 0.225 e. The van der Waals surface area contributed by atoms with E-state index in [1.54, 1.807) is 0 Å². The second-order valence-corrected chi connectivity index (χ2v) is 10.6. The van der Waals surface area contributed by atoms with Crippen LogP contribution in [0.5, 0.6) is 0 Å². The monoisotopic (exact) mass is 426 g/mol. The molecule has 0 spiro atoms. The van der Waals surface area contributed by atoms with E-state index in [1.165, 1.54) is 55.5 Å². The molecule has 0 fully saturated rings. The molecule has 142 valence electrons. The lowest BCUT2D eigenvalue weighted by atomic mass is 10.1. The van der Waals surface area contributed by atoms with Crippen molar-refractivity contribution in [1.29, 1.82) is 0 Å². The summed E-state index contributed by atoms with van der Waals surface area (Å²) in [7, 11) is -7.38. The highest BCUT2D eigenvalue weighted by Crippen LogP contribution is 2.39. The van der Waals surface area contributed by atoms with Gasteiger partial charge in [-0.1, -0.05) is 19.1 Å². The molecule has 6 nitrogen and oxygen atoms in total. The fraction of sp³-hybridized carbons (Fsp3) is 0.118. The molecule has 0 aliphatic heterocycles. The Morgan fingerprint density at radius 3 is 2.04 bits per heavy atom. The van der Waals surface area contributed by atoms with E-state index in [0.29, 0.717) is 21.7 Å². The fourth-order valence-electron chi connectivity index (χ4n) is 2.35. The SMILES string of the molecule is CCS(=O)(=O)c1nc(-c2ccc(F)cc2)c(-c2ccc(S(N)(=O)=O)cc2)s1. The first-order valence-electron chi connectivity index (χ1n) is 7.74. The Labute approximate surface area is 160 Å². The van der Waals surface area contributed by atoms with E-state index in [1.807, 2.05) is 0 Å². The van der Waals surface area contributed by atoms with Gasteiger partial charge in [-0.15, -0.1) is 11.3 Å². The molecule has 0 saturated carbocycles. The molecule has 0 aliphatic carbocycles. The van der Waals surface area contributed by atoms with Crippen LogP contribution >= 0.6 is 11.3 Å². The summed E-state index contributed by atoms with van der Waals surface area (Å²) >= 11 is 0.983. The number of halogens is 1. The Balaban J connectivity index is 2.20.